The molecule has 3 rings (SSSR count). The van der Waals surface area contributed by atoms with E-state index >= 15 is 0 Å². The first-order chi connectivity index (χ1) is 13.0. The Bertz CT molecular complexity index is 951. The van der Waals surface area contributed by atoms with Crippen molar-refractivity contribution in [3.05, 3.63) is 54.1 Å². The normalized spacial score (nSPS) is 12.0. The molecule has 138 valence electrons. The standard InChI is InChI=1S/C19H20N6O2/c1-12(2)10-15(17(20)26)23-19(27)16-14-7-5-9-22-18(14)25(24-16)11-13-6-3-4-8-21-13/h3-4,6-8,12,15H,10-11H2,1-2H3,(H2,20,26)(H,23,27)/t15-/m0/s1. The molecule has 3 aromatic rings. The summed E-state index contributed by atoms with van der Waals surface area (Å²) >= 11 is 0. The van der Waals surface area contributed by atoms with E-state index in [2.05, 4.69) is 32.6 Å². The van der Waals surface area contributed by atoms with Crippen molar-refractivity contribution in [3.63, 3.8) is 0 Å². The van der Waals surface area contributed by atoms with Crippen LogP contribution in [0.5, 0.6) is 0 Å². The fourth-order valence-corrected chi connectivity index (χ4v) is 2.77. The first-order valence-corrected chi connectivity index (χ1v) is 8.61. The summed E-state index contributed by atoms with van der Waals surface area (Å²) in [5, 5.41) is 7.59. The summed E-state index contributed by atoms with van der Waals surface area (Å²) in [4.78, 5) is 32.9. The Morgan fingerprint density at radius 3 is 2.81 bits per heavy atom. The molecule has 0 aliphatic carbocycles. The van der Waals surface area contributed by atoms with Gasteiger partial charge in [0.2, 0.25) is 5.91 Å². The molecule has 8 heteroatoms. The number of nitrogens with two attached hydrogens (primary N) is 1. The van der Waals surface area contributed by atoms with Crippen LogP contribution in [0.15, 0.2) is 30.5 Å². The largest absolute Gasteiger partial charge is 0.368 e. The second-order valence-electron chi connectivity index (χ2n) is 6.63. The number of primary amides is 1. The van der Waals surface area contributed by atoms with Gasteiger partial charge >= 0.3 is 0 Å². The lowest BCUT2D eigenvalue weighted by atomic mass is 10.0. The van der Waals surface area contributed by atoms with Crippen molar-refractivity contribution < 1.29 is 9.59 Å². The van der Waals surface area contributed by atoms with Crippen molar-refractivity contribution in [2.75, 3.05) is 0 Å². The summed E-state index contributed by atoms with van der Waals surface area (Å²) in [6, 6.07) is 9.13. The van der Waals surface area contributed by atoms with Crippen LogP contribution in [0, 0.1) is 18.2 Å². The molecular weight excluding hydrogens is 344 g/mol. The van der Waals surface area contributed by atoms with Crippen molar-refractivity contribution in [3.8, 4) is 0 Å². The van der Waals surface area contributed by atoms with Gasteiger partial charge in [0.25, 0.3) is 5.91 Å². The minimum absolute atomic E-state index is 0.161. The highest BCUT2D eigenvalue weighted by Gasteiger charge is 2.24. The van der Waals surface area contributed by atoms with Crippen molar-refractivity contribution in [2.45, 2.75) is 32.9 Å². The van der Waals surface area contributed by atoms with E-state index in [1.54, 1.807) is 16.9 Å². The third kappa shape index (κ3) is 4.20. The summed E-state index contributed by atoms with van der Waals surface area (Å²) < 4.78 is 1.58. The second-order valence-corrected chi connectivity index (χ2v) is 6.63. The maximum Gasteiger partial charge on any atom is 0.273 e. The van der Waals surface area contributed by atoms with Crippen molar-refractivity contribution in [2.24, 2.45) is 11.7 Å². The number of aromatic nitrogens is 4. The van der Waals surface area contributed by atoms with Gasteiger partial charge in [-0.3, -0.25) is 14.6 Å². The predicted molar refractivity (Wildman–Crippen MR) is 98.4 cm³/mol. The molecule has 0 aliphatic rings. The van der Waals surface area contributed by atoms with Gasteiger partial charge in [0.15, 0.2) is 11.3 Å². The lowest BCUT2D eigenvalue weighted by molar-refractivity contribution is -0.120. The molecule has 0 bridgehead atoms. The number of amides is 2. The van der Waals surface area contributed by atoms with Crippen LogP contribution in [-0.2, 0) is 11.3 Å². The minimum Gasteiger partial charge on any atom is -0.368 e. The number of hydrogen-bond acceptors (Lipinski definition) is 5. The number of nitrogens with zero attached hydrogens (tertiary/aromatic N) is 4. The lowest BCUT2D eigenvalue weighted by Crippen LogP contribution is -2.45. The Labute approximate surface area is 156 Å². The van der Waals surface area contributed by atoms with Gasteiger partial charge in [-0.25, -0.2) is 4.68 Å². The molecule has 3 N–H and O–H groups in total. The Kier molecular flexibility index (Phi) is 5.31. The highest BCUT2D eigenvalue weighted by atomic mass is 16.2. The Balaban J connectivity index is 1.92. The van der Waals surface area contributed by atoms with E-state index in [1.807, 2.05) is 32.0 Å². The van der Waals surface area contributed by atoms with Crippen molar-refractivity contribution >= 4 is 22.8 Å². The predicted octanol–water partition coefficient (Wildman–Crippen LogP) is 1.10. The highest BCUT2D eigenvalue weighted by Crippen LogP contribution is 2.17. The van der Waals surface area contributed by atoms with E-state index in [9.17, 15) is 9.59 Å². The van der Waals surface area contributed by atoms with Crippen LogP contribution in [0.4, 0.5) is 0 Å². The quantitative estimate of drug-likeness (QED) is 0.651. The first kappa shape index (κ1) is 18.3. The zero-order chi connectivity index (χ0) is 19.4. The molecule has 27 heavy (non-hydrogen) atoms. The summed E-state index contributed by atoms with van der Waals surface area (Å²) in [7, 11) is 0. The number of nitrogens with one attached hydrogen (secondary N) is 1. The zero-order valence-corrected chi connectivity index (χ0v) is 15.1. The molecule has 1 atom stereocenters. The molecule has 0 spiro atoms. The van der Waals surface area contributed by atoms with Gasteiger partial charge in [0.1, 0.15) is 6.04 Å². The highest BCUT2D eigenvalue weighted by molar-refractivity contribution is 6.05. The molecule has 3 heterocycles. The van der Waals surface area contributed by atoms with Gasteiger partial charge in [-0.1, -0.05) is 19.9 Å². The summed E-state index contributed by atoms with van der Waals surface area (Å²) in [5.74, 6) is -0.858. The maximum atomic E-state index is 12.8. The second kappa shape index (κ2) is 7.83. The van der Waals surface area contributed by atoms with Crippen LogP contribution in [-0.4, -0.2) is 37.6 Å². The smallest absolute Gasteiger partial charge is 0.273 e. The molecule has 3 aromatic heterocycles. The fourth-order valence-electron chi connectivity index (χ4n) is 2.77. The number of carbonyl (C=O) groups is 2. The van der Waals surface area contributed by atoms with E-state index in [0.717, 1.165) is 5.69 Å². The van der Waals surface area contributed by atoms with Crippen molar-refractivity contribution in [1.82, 2.24) is 25.1 Å². The average molecular weight is 364 g/mol. The number of carbonyl (C=O) groups excluding carboxylic acids is 2. The number of rotatable bonds is 7. The van der Waals surface area contributed by atoms with Crippen molar-refractivity contribution in [1.29, 1.82) is 0 Å². The number of fused-ring (bicyclic) bond motifs is 1. The van der Waals surface area contributed by atoms with E-state index < -0.39 is 17.9 Å². The molecule has 0 radical (unpaired) electrons. The Hall–Kier alpha value is -3.47. The fraction of sp³-hybridized carbons (Fsp3) is 0.316. The SMILES string of the molecule is CC(C)C[C@H](NC(=O)c1nn(Cc2ccccn2)c2nc#ccc12)C(N)=O. The van der Waals surface area contributed by atoms with Gasteiger partial charge < -0.3 is 11.1 Å². The molecule has 8 nitrogen and oxygen atoms in total. The van der Waals surface area contributed by atoms with Crippen LogP contribution in [0.1, 0.15) is 36.5 Å². The number of hydrogen-bond donors (Lipinski definition) is 2. The Morgan fingerprint density at radius 2 is 2.15 bits per heavy atom. The van der Waals surface area contributed by atoms with E-state index in [4.69, 9.17) is 5.73 Å². The van der Waals surface area contributed by atoms with Crippen LogP contribution in [0.3, 0.4) is 0 Å². The summed E-state index contributed by atoms with van der Waals surface area (Å²) in [6.45, 7) is 4.25. The third-order valence-corrected chi connectivity index (χ3v) is 4.01. The molecule has 0 aliphatic heterocycles. The summed E-state index contributed by atoms with van der Waals surface area (Å²) in [5.41, 5.74) is 6.85. The van der Waals surface area contributed by atoms with Crippen LogP contribution < -0.4 is 11.1 Å². The molecular formula is C19H20N6O2. The lowest BCUT2D eigenvalue weighted by Gasteiger charge is -2.16. The van der Waals surface area contributed by atoms with E-state index in [0.29, 0.717) is 24.0 Å². The average Bonchev–Trinajstić information content (AvgIpc) is 3.00. The Morgan fingerprint density at radius 1 is 1.33 bits per heavy atom. The van der Waals surface area contributed by atoms with Gasteiger partial charge in [0.05, 0.1) is 17.6 Å². The van der Waals surface area contributed by atoms with E-state index in [1.165, 1.54) is 0 Å². The van der Waals surface area contributed by atoms with E-state index in [-0.39, 0.29) is 11.6 Å². The van der Waals surface area contributed by atoms with Gasteiger partial charge in [0, 0.05) is 18.5 Å². The van der Waals surface area contributed by atoms with Crippen LogP contribution >= 0.6 is 0 Å². The van der Waals surface area contributed by atoms with Crippen LogP contribution in [0.2, 0.25) is 0 Å². The molecule has 0 saturated carbocycles. The minimum atomic E-state index is -0.763. The maximum absolute atomic E-state index is 12.8. The molecule has 0 saturated heterocycles. The molecule has 0 unspecified atom stereocenters. The number of pyridine rings is 1. The molecule has 2 amide bonds. The topological polar surface area (TPSA) is 116 Å². The molecule has 0 aromatic carbocycles. The van der Waals surface area contributed by atoms with Crippen LogP contribution in [0.25, 0.3) is 11.0 Å². The van der Waals surface area contributed by atoms with Gasteiger partial charge in [-0.15, -0.1) is 0 Å². The summed E-state index contributed by atoms with van der Waals surface area (Å²) in [6.07, 6.45) is 4.77. The molecule has 0 fully saturated rings. The first-order valence-electron chi connectivity index (χ1n) is 8.61. The van der Waals surface area contributed by atoms with Gasteiger partial charge in [-0.2, -0.15) is 10.1 Å². The zero-order valence-electron chi connectivity index (χ0n) is 15.1. The third-order valence-electron chi connectivity index (χ3n) is 4.01. The van der Waals surface area contributed by atoms with Gasteiger partial charge in [-0.05, 0) is 30.5 Å². The monoisotopic (exact) mass is 364 g/mol.